The van der Waals surface area contributed by atoms with Gasteiger partial charge in [0, 0.05) is 19.7 Å². The van der Waals surface area contributed by atoms with E-state index in [1.807, 2.05) is 4.90 Å². The predicted molar refractivity (Wildman–Crippen MR) is 86.8 cm³/mol. The minimum absolute atomic E-state index is 0.0290. The van der Waals surface area contributed by atoms with E-state index in [1.54, 1.807) is 0 Å². The first-order valence-electron chi connectivity index (χ1n) is 8.82. The second kappa shape index (κ2) is 8.16. The van der Waals surface area contributed by atoms with Crippen molar-refractivity contribution in [3.8, 4) is 0 Å². The average molecular weight is 312 g/mol. The van der Waals surface area contributed by atoms with Crippen LogP contribution in [0.5, 0.6) is 0 Å². The summed E-state index contributed by atoms with van der Waals surface area (Å²) in [6, 6.07) is 0.0290. The van der Waals surface area contributed by atoms with Crippen LogP contribution in [-0.2, 0) is 4.74 Å². The zero-order valence-corrected chi connectivity index (χ0v) is 14.1. The number of nitrogens with one attached hydrogen (secondary N) is 1. The normalized spacial score (nSPS) is 22.3. The van der Waals surface area contributed by atoms with E-state index in [-0.39, 0.29) is 18.2 Å². The van der Waals surface area contributed by atoms with Crippen molar-refractivity contribution in [3.63, 3.8) is 0 Å². The number of hydrogen-bond donors (Lipinski definition) is 2. The van der Waals surface area contributed by atoms with Crippen molar-refractivity contribution in [1.82, 2.24) is 10.2 Å². The van der Waals surface area contributed by atoms with Crippen molar-refractivity contribution in [2.75, 3.05) is 32.8 Å². The predicted octanol–water partition coefficient (Wildman–Crippen LogP) is 2.39. The third-order valence-corrected chi connectivity index (χ3v) is 4.93. The highest BCUT2D eigenvalue weighted by Crippen LogP contribution is 2.35. The molecule has 1 spiro atoms. The molecule has 2 N–H and O–H groups in total. The van der Waals surface area contributed by atoms with E-state index < -0.39 is 0 Å². The molecule has 2 amide bonds. The van der Waals surface area contributed by atoms with E-state index in [2.05, 4.69) is 19.2 Å². The standard InChI is InChI=1S/C17H32N2O3/c1-14(2)11-15(5-9-20)12-18-16(21)19-8-10-22-17(13-19)6-3-4-7-17/h14-15,20H,3-13H2,1-2H3,(H,18,21). The van der Waals surface area contributed by atoms with Gasteiger partial charge in [-0.3, -0.25) is 0 Å². The van der Waals surface area contributed by atoms with Gasteiger partial charge in [-0.05, 0) is 37.5 Å². The molecule has 5 heteroatoms. The lowest BCUT2D eigenvalue weighted by Gasteiger charge is -2.40. The smallest absolute Gasteiger partial charge is 0.317 e. The number of morpholine rings is 1. The van der Waals surface area contributed by atoms with Crippen molar-refractivity contribution in [1.29, 1.82) is 0 Å². The van der Waals surface area contributed by atoms with Gasteiger partial charge in [-0.2, -0.15) is 0 Å². The fourth-order valence-electron chi connectivity index (χ4n) is 3.84. The fourth-order valence-corrected chi connectivity index (χ4v) is 3.84. The Morgan fingerprint density at radius 3 is 2.73 bits per heavy atom. The Morgan fingerprint density at radius 1 is 1.36 bits per heavy atom. The van der Waals surface area contributed by atoms with Crippen LogP contribution in [0.15, 0.2) is 0 Å². The van der Waals surface area contributed by atoms with Crippen molar-refractivity contribution in [3.05, 3.63) is 0 Å². The summed E-state index contributed by atoms with van der Waals surface area (Å²) in [5.74, 6) is 0.939. The number of amides is 2. The Kier molecular flexibility index (Phi) is 6.50. The highest BCUT2D eigenvalue weighted by Gasteiger charge is 2.40. The van der Waals surface area contributed by atoms with Gasteiger partial charge in [0.1, 0.15) is 0 Å². The van der Waals surface area contributed by atoms with E-state index in [0.717, 1.165) is 32.2 Å². The lowest BCUT2D eigenvalue weighted by Crippen LogP contribution is -2.55. The molecule has 2 aliphatic rings. The molecule has 5 nitrogen and oxygen atoms in total. The van der Waals surface area contributed by atoms with Crippen molar-refractivity contribution in [2.24, 2.45) is 11.8 Å². The summed E-state index contributed by atoms with van der Waals surface area (Å²) >= 11 is 0. The van der Waals surface area contributed by atoms with Gasteiger partial charge < -0.3 is 20.1 Å². The first-order chi connectivity index (χ1) is 10.5. The van der Waals surface area contributed by atoms with Gasteiger partial charge in [0.05, 0.1) is 18.8 Å². The molecular formula is C17H32N2O3. The summed E-state index contributed by atoms with van der Waals surface area (Å²) in [5.41, 5.74) is -0.0714. The zero-order chi connectivity index (χ0) is 16.0. The van der Waals surface area contributed by atoms with Gasteiger partial charge in [-0.15, -0.1) is 0 Å². The Labute approximate surface area is 134 Å². The summed E-state index contributed by atoms with van der Waals surface area (Å²) in [6.07, 6.45) is 6.37. The van der Waals surface area contributed by atoms with Crippen LogP contribution in [0.4, 0.5) is 4.79 Å². The first kappa shape index (κ1) is 17.5. The Hall–Kier alpha value is -0.810. The van der Waals surface area contributed by atoms with Crippen molar-refractivity contribution < 1.29 is 14.6 Å². The third-order valence-electron chi connectivity index (χ3n) is 4.93. The molecule has 2 rings (SSSR count). The molecule has 0 radical (unpaired) electrons. The molecular weight excluding hydrogens is 280 g/mol. The molecule has 1 aliphatic carbocycles. The number of urea groups is 1. The Morgan fingerprint density at radius 2 is 2.09 bits per heavy atom. The maximum Gasteiger partial charge on any atom is 0.317 e. The number of ether oxygens (including phenoxy) is 1. The van der Waals surface area contributed by atoms with Crippen LogP contribution >= 0.6 is 0 Å². The van der Waals surface area contributed by atoms with Gasteiger partial charge in [0.25, 0.3) is 0 Å². The lowest BCUT2D eigenvalue weighted by atomic mass is 9.94. The van der Waals surface area contributed by atoms with E-state index in [0.29, 0.717) is 31.5 Å². The molecule has 1 aliphatic heterocycles. The van der Waals surface area contributed by atoms with Crippen LogP contribution in [0.1, 0.15) is 52.4 Å². The number of hydrogen-bond acceptors (Lipinski definition) is 3. The second-order valence-corrected chi connectivity index (χ2v) is 7.35. The molecule has 1 heterocycles. The number of carbonyl (C=O) groups is 1. The summed E-state index contributed by atoms with van der Waals surface area (Å²) in [5, 5.41) is 12.2. The molecule has 0 bridgehead atoms. The van der Waals surface area contributed by atoms with E-state index in [9.17, 15) is 4.79 Å². The number of aliphatic hydroxyl groups excluding tert-OH is 1. The van der Waals surface area contributed by atoms with Crippen LogP contribution < -0.4 is 5.32 Å². The second-order valence-electron chi connectivity index (χ2n) is 7.35. The quantitative estimate of drug-likeness (QED) is 0.791. The Bertz CT molecular complexity index is 354. The Balaban J connectivity index is 1.80. The average Bonchev–Trinajstić information content (AvgIpc) is 2.92. The highest BCUT2D eigenvalue weighted by atomic mass is 16.5. The molecule has 1 saturated heterocycles. The van der Waals surface area contributed by atoms with Crippen molar-refractivity contribution in [2.45, 2.75) is 58.0 Å². The van der Waals surface area contributed by atoms with E-state index >= 15 is 0 Å². The summed E-state index contributed by atoms with van der Waals surface area (Å²) in [6.45, 7) is 7.27. The van der Waals surface area contributed by atoms with Gasteiger partial charge in [0.15, 0.2) is 0 Å². The summed E-state index contributed by atoms with van der Waals surface area (Å²) in [7, 11) is 0. The minimum atomic E-state index is -0.0714. The van der Waals surface area contributed by atoms with Crippen LogP contribution in [0.3, 0.4) is 0 Å². The molecule has 2 fully saturated rings. The zero-order valence-electron chi connectivity index (χ0n) is 14.1. The molecule has 22 heavy (non-hydrogen) atoms. The number of rotatable bonds is 6. The maximum atomic E-state index is 12.4. The van der Waals surface area contributed by atoms with Gasteiger partial charge in [-0.25, -0.2) is 4.79 Å². The monoisotopic (exact) mass is 312 g/mol. The number of aliphatic hydroxyl groups is 1. The largest absolute Gasteiger partial charge is 0.396 e. The summed E-state index contributed by atoms with van der Waals surface area (Å²) < 4.78 is 5.97. The van der Waals surface area contributed by atoms with Gasteiger partial charge in [0.2, 0.25) is 0 Å². The lowest BCUT2D eigenvalue weighted by molar-refractivity contribution is -0.0926. The molecule has 128 valence electrons. The highest BCUT2D eigenvalue weighted by molar-refractivity contribution is 5.74. The molecule has 0 aromatic heterocycles. The molecule has 0 aromatic carbocycles. The van der Waals surface area contributed by atoms with Crippen LogP contribution in [0.2, 0.25) is 0 Å². The topological polar surface area (TPSA) is 61.8 Å². The van der Waals surface area contributed by atoms with Crippen LogP contribution in [0.25, 0.3) is 0 Å². The van der Waals surface area contributed by atoms with Gasteiger partial charge in [-0.1, -0.05) is 26.7 Å². The molecule has 0 aromatic rings. The number of carbonyl (C=O) groups excluding carboxylic acids is 1. The molecule has 1 atom stereocenters. The van der Waals surface area contributed by atoms with Gasteiger partial charge >= 0.3 is 6.03 Å². The maximum absolute atomic E-state index is 12.4. The van der Waals surface area contributed by atoms with E-state index in [1.165, 1.54) is 12.8 Å². The number of nitrogens with zero attached hydrogens (tertiary/aromatic N) is 1. The summed E-state index contributed by atoms with van der Waals surface area (Å²) in [4.78, 5) is 14.3. The SMILES string of the molecule is CC(C)CC(CCO)CNC(=O)N1CCOC2(CCCC2)C1. The third kappa shape index (κ3) is 4.85. The van der Waals surface area contributed by atoms with Crippen molar-refractivity contribution >= 4 is 6.03 Å². The first-order valence-corrected chi connectivity index (χ1v) is 8.82. The fraction of sp³-hybridized carbons (Fsp3) is 0.941. The van der Waals surface area contributed by atoms with Crippen LogP contribution in [0, 0.1) is 11.8 Å². The minimum Gasteiger partial charge on any atom is -0.396 e. The molecule has 1 unspecified atom stereocenters. The van der Waals surface area contributed by atoms with E-state index in [4.69, 9.17) is 9.84 Å². The molecule has 1 saturated carbocycles. The van der Waals surface area contributed by atoms with Crippen LogP contribution in [-0.4, -0.2) is 54.5 Å².